The molecule has 1 fully saturated rings. The quantitative estimate of drug-likeness (QED) is 0.886. The minimum atomic E-state index is -0.0184. The second-order valence-corrected chi connectivity index (χ2v) is 4.77. The van der Waals surface area contributed by atoms with Crippen molar-refractivity contribution in [1.82, 2.24) is 10.2 Å². The highest BCUT2D eigenvalue weighted by atomic mass is 16.7. The zero-order chi connectivity index (χ0) is 12.5. The summed E-state index contributed by atoms with van der Waals surface area (Å²) in [5, 5.41) is 2.96. The molecule has 1 aromatic rings. The Morgan fingerprint density at radius 2 is 2.17 bits per heavy atom. The summed E-state index contributed by atoms with van der Waals surface area (Å²) in [5.41, 5.74) is 1.03. The summed E-state index contributed by atoms with van der Waals surface area (Å²) in [6, 6.07) is 6.12. The van der Waals surface area contributed by atoms with Crippen LogP contribution in [0.1, 0.15) is 18.4 Å². The fourth-order valence-corrected chi connectivity index (χ4v) is 1.90. The molecule has 0 saturated heterocycles. The molecule has 0 atom stereocenters. The van der Waals surface area contributed by atoms with E-state index in [1.807, 2.05) is 18.2 Å². The number of ether oxygens (including phenoxy) is 2. The van der Waals surface area contributed by atoms with Crippen molar-refractivity contribution in [3.8, 4) is 11.5 Å². The Morgan fingerprint density at radius 1 is 1.39 bits per heavy atom. The molecule has 5 heteroatoms. The van der Waals surface area contributed by atoms with E-state index < -0.39 is 0 Å². The molecule has 0 radical (unpaired) electrons. The maximum Gasteiger partial charge on any atom is 0.317 e. The van der Waals surface area contributed by atoms with Gasteiger partial charge in [-0.3, -0.25) is 0 Å². The highest BCUT2D eigenvalue weighted by molar-refractivity contribution is 5.74. The predicted octanol–water partition coefficient (Wildman–Crippen LogP) is 1.72. The largest absolute Gasteiger partial charge is 0.454 e. The second-order valence-electron chi connectivity index (χ2n) is 4.77. The maximum absolute atomic E-state index is 11.8. The van der Waals surface area contributed by atoms with Crippen molar-refractivity contribution in [1.29, 1.82) is 0 Å². The van der Waals surface area contributed by atoms with E-state index in [2.05, 4.69) is 5.32 Å². The fraction of sp³-hybridized carbons (Fsp3) is 0.462. The van der Waals surface area contributed by atoms with Crippen molar-refractivity contribution in [2.45, 2.75) is 25.4 Å². The van der Waals surface area contributed by atoms with E-state index in [0.717, 1.165) is 29.9 Å². The third-order valence-corrected chi connectivity index (χ3v) is 3.11. The highest BCUT2D eigenvalue weighted by Gasteiger charge is 2.24. The summed E-state index contributed by atoms with van der Waals surface area (Å²) < 4.78 is 10.6. The molecular weight excluding hydrogens is 232 g/mol. The zero-order valence-corrected chi connectivity index (χ0v) is 10.3. The van der Waals surface area contributed by atoms with Gasteiger partial charge in [0, 0.05) is 19.6 Å². The van der Waals surface area contributed by atoms with Gasteiger partial charge in [0.2, 0.25) is 6.79 Å². The molecule has 96 valence electrons. The Kier molecular flexibility index (Phi) is 2.74. The van der Waals surface area contributed by atoms with Gasteiger partial charge < -0.3 is 19.7 Å². The van der Waals surface area contributed by atoms with Crippen LogP contribution in [0.2, 0.25) is 0 Å². The SMILES string of the molecule is CN(Cc1ccc2c(c1)OCO2)C(=O)NC1CC1. The monoisotopic (exact) mass is 248 g/mol. The molecule has 1 saturated carbocycles. The normalized spacial score (nSPS) is 16.5. The van der Waals surface area contributed by atoms with Gasteiger partial charge in [-0.2, -0.15) is 0 Å². The van der Waals surface area contributed by atoms with Crippen molar-refractivity contribution in [3.05, 3.63) is 23.8 Å². The van der Waals surface area contributed by atoms with E-state index in [1.165, 1.54) is 0 Å². The van der Waals surface area contributed by atoms with Crippen LogP contribution in [0.4, 0.5) is 4.79 Å². The van der Waals surface area contributed by atoms with E-state index in [-0.39, 0.29) is 12.8 Å². The van der Waals surface area contributed by atoms with Gasteiger partial charge in [0.15, 0.2) is 11.5 Å². The predicted molar refractivity (Wildman–Crippen MR) is 65.6 cm³/mol. The number of nitrogens with zero attached hydrogens (tertiary/aromatic N) is 1. The Bertz CT molecular complexity index is 471. The first-order chi connectivity index (χ1) is 8.72. The summed E-state index contributed by atoms with van der Waals surface area (Å²) in [4.78, 5) is 13.5. The molecule has 0 aromatic heterocycles. The van der Waals surface area contributed by atoms with Crippen LogP contribution in [0.25, 0.3) is 0 Å². The van der Waals surface area contributed by atoms with Crippen LogP contribution in [0.5, 0.6) is 11.5 Å². The van der Waals surface area contributed by atoms with Gasteiger partial charge in [-0.1, -0.05) is 6.07 Å². The Balaban J connectivity index is 1.62. The van der Waals surface area contributed by atoms with Gasteiger partial charge in [-0.05, 0) is 30.5 Å². The fourth-order valence-electron chi connectivity index (χ4n) is 1.90. The second kappa shape index (κ2) is 4.40. The summed E-state index contributed by atoms with van der Waals surface area (Å²) in [7, 11) is 1.79. The van der Waals surface area contributed by atoms with Crippen molar-refractivity contribution < 1.29 is 14.3 Å². The van der Waals surface area contributed by atoms with Crippen LogP contribution in [0.15, 0.2) is 18.2 Å². The lowest BCUT2D eigenvalue weighted by atomic mass is 10.2. The molecule has 0 bridgehead atoms. The minimum absolute atomic E-state index is 0.0184. The summed E-state index contributed by atoms with van der Waals surface area (Å²) >= 11 is 0. The third-order valence-electron chi connectivity index (χ3n) is 3.11. The van der Waals surface area contributed by atoms with Gasteiger partial charge in [0.25, 0.3) is 0 Å². The molecule has 18 heavy (non-hydrogen) atoms. The number of hydrogen-bond acceptors (Lipinski definition) is 3. The number of rotatable bonds is 3. The van der Waals surface area contributed by atoms with Gasteiger partial charge in [0.05, 0.1) is 0 Å². The molecule has 1 aliphatic carbocycles. The number of urea groups is 1. The average Bonchev–Trinajstić information content (AvgIpc) is 3.05. The summed E-state index contributed by atoms with van der Waals surface area (Å²) in [6.45, 7) is 0.839. The van der Waals surface area contributed by atoms with Gasteiger partial charge in [0.1, 0.15) is 0 Å². The minimum Gasteiger partial charge on any atom is -0.454 e. The van der Waals surface area contributed by atoms with E-state index in [4.69, 9.17) is 9.47 Å². The first-order valence-corrected chi connectivity index (χ1v) is 6.12. The molecule has 1 aliphatic heterocycles. The molecule has 1 N–H and O–H groups in total. The van der Waals surface area contributed by atoms with E-state index in [9.17, 15) is 4.79 Å². The van der Waals surface area contributed by atoms with Crippen LogP contribution < -0.4 is 14.8 Å². The van der Waals surface area contributed by atoms with Crippen LogP contribution in [-0.2, 0) is 6.54 Å². The maximum atomic E-state index is 11.8. The average molecular weight is 248 g/mol. The summed E-state index contributed by atoms with van der Waals surface area (Å²) in [5.74, 6) is 1.52. The van der Waals surface area contributed by atoms with Crippen LogP contribution >= 0.6 is 0 Å². The smallest absolute Gasteiger partial charge is 0.317 e. The topological polar surface area (TPSA) is 50.8 Å². The van der Waals surface area contributed by atoms with Crippen molar-refractivity contribution in [3.63, 3.8) is 0 Å². The highest BCUT2D eigenvalue weighted by Crippen LogP contribution is 2.32. The summed E-state index contributed by atoms with van der Waals surface area (Å²) in [6.07, 6.45) is 2.20. The first-order valence-electron chi connectivity index (χ1n) is 6.12. The Hall–Kier alpha value is -1.91. The lowest BCUT2D eigenvalue weighted by Gasteiger charge is -2.18. The van der Waals surface area contributed by atoms with E-state index >= 15 is 0 Å². The Morgan fingerprint density at radius 3 is 2.94 bits per heavy atom. The molecule has 1 aromatic carbocycles. The first kappa shape index (κ1) is 11.2. The molecule has 3 rings (SSSR count). The van der Waals surface area contributed by atoms with E-state index in [1.54, 1.807) is 11.9 Å². The van der Waals surface area contributed by atoms with E-state index in [0.29, 0.717) is 12.6 Å². The van der Waals surface area contributed by atoms with Crippen LogP contribution in [0.3, 0.4) is 0 Å². The zero-order valence-electron chi connectivity index (χ0n) is 10.3. The Labute approximate surface area is 106 Å². The molecule has 0 spiro atoms. The van der Waals surface area contributed by atoms with Crippen molar-refractivity contribution in [2.75, 3.05) is 13.8 Å². The van der Waals surface area contributed by atoms with Gasteiger partial charge in [-0.25, -0.2) is 4.79 Å². The number of fused-ring (bicyclic) bond motifs is 1. The number of nitrogens with one attached hydrogen (secondary N) is 1. The van der Waals surface area contributed by atoms with Crippen LogP contribution in [0, 0.1) is 0 Å². The third kappa shape index (κ3) is 2.34. The van der Waals surface area contributed by atoms with Gasteiger partial charge in [-0.15, -0.1) is 0 Å². The van der Waals surface area contributed by atoms with Gasteiger partial charge >= 0.3 is 6.03 Å². The molecular formula is C13H16N2O3. The molecule has 5 nitrogen and oxygen atoms in total. The number of carbonyl (C=O) groups excluding carboxylic acids is 1. The molecule has 2 aliphatic rings. The molecule has 0 unspecified atom stereocenters. The lowest BCUT2D eigenvalue weighted by molar-refractivity contribution is 0.174. The molecule has 2 amide bonds. The number of benzene rings is 1. The number of hydrogen-bond donors (Lipinski definition) is 1. The lowest BCUT2D eigenvalue weighted by Crippen LogP contribution is -2.37. The number of amides is 2. The number of carbonyl (C=O) groups is 1. The van der Waals surface area contributed by atoms with Crippen molar-refractivity contribution in [2.24, 2.45) is 0 Å². The standard InChI is InChI=1S/C13H16N2O3/c1-15(13(16)14-10-3-4-10)7-9-2-5-11-12(6-9)18-8-17-11/h2,5-6,10H,3-4,7-8H2,1H3,(H,14,16). The van der Waals surface area contributed by atoms with Crippen molar-refractivity contribution >= 4 is 6.03 Å². The molecule has 1 heterocycles. The van der Waals surface area contributed by atoms with Crippen LogP contribution in [-0.4, -0.2) is 30.8 Å².